The number of halogens is 1. The fourth-order valence-electron chi connectivity index (χ4n) is 3.84. The lowest BCUT2D eigenvalue weighted by Gasteiger charge is -2.27. The first-order chi connectivity index (χ1) is 16.7. The molecule has 1 N–H and O–H groups in total. The van der Waals surface area contributed by atoms with E-state index >= 15 is 0 Å². The number of benzene rings is 2. The number of nitrogens with zero attached hydrogens (tertiary/aromatic N) is 3. The van der Waals surface area contributed by atoms with E-state index in [4.69, 9.17) is 9.47 Å². The second-order valence-corrected chi connectivity index (χ2v) is 7.89. The Morgan fingerprint density at radius 3 is 2.74 bits per heavy atom. The van der Waals surface area contributed by atoms with Crippen molar-refractivity contribution in [3.8, 4) is 11.5 Å². The zero-order valence-corrected chi connectivity index (χ0v) is 18.4. The maximum atomic E-state index is 14.6. The van der Waals surface area contributed by atoms with Gasteiger partial charge in [0, 0.05) is 31.2 Å². The molecule has 172 valence electrons. The molecule has 0 radical (unpaired) electrons. The van der Waals surface area contributed by atoms with E-state index in [0.29, 0.717) is 55.5 Å². The summed E-state index contributed by atoms with van der Waals surface area (Å²) in [6.07, 6.45) is 3.15. The molecular weight excluding hydrogens is 435 g/mol. The van der Waals surface area contributed by atoms with E-state index in [2.05, 4.69) is 15.3 Å². The lowest BCUT2D eigenvalue weighted by molar-refractivity contribution is 0.0304. The molecule has 1 aliphatic heterocycles. The van der Waals surface area contributed by atoms with Gasteiger partial charge in [0.2, 0.25) is 0 Å². The Bertz CT molecular complexity index is 1310. The van der Waals surface area contributed by atoms with Gasteiger partial charge in [-0.15, -0.1) is 0 Å². The quantitative estimate of drug-likeness (QED) is 0.454. The van der Waals surface area contributed by atoms with E-state index in [1.54, 1.807) is 41.4 Å². The number of hydrogen-bond donors (Lipinski definition) is 1. The van der Waals surface area contributed by atoms with Crippen molar-refractivity contribution in [3.63, 3.8) is 0 Å². The molecule has 0 atom stereocenters. The van der Waals surface area contributed by atoms with Crippen LogP contribution in [0.4, 0.5) is 10.2 Å². The summed E-state index contributed by atoms with van der Waals surface area (Å²) >= 11 is 0. The Morgan fingerprint density at radius 2 is 1.94 bits per heavy atom. The number of carbonyl (C=O) groups excluding carboxylic acids is 1. The van der Waals surface area contributed by atoms with Crippen molar-refractivity contribution in [2.24, 2.45) is 0 Å². The molecule has 3 heterocycles. The summed E-state index contributed by atoms with van der Waals surface area (Å²) in [5, 5.41) is 4.02. The van der Waals surface area contributed by atoms with Crippen LogP contribution in [0.25, 0.3) is 10.9 Å². The maximum absolute atomic E-state index is 14.6. The van der Waals surface area contributed by atoms with Crippen molar-refractivity contribution >= 4 is 22.6 Å². The van der Waals surface area contributed by atoms with Crippen LogP contribution in [0.5, 0.6) is 11.5 Å². The van der Waals surface area contributed by atoms with Crippen LogP contribution in [0.1, 0.15) is 15.9 Å². The highest BCUT2D eigenvalue weighted by Crippen LogP contribution is 2.26. The number of morpholine rings is 1. The van der Waals surface area contributed by atoms with E-state index in [1.165, 1.54) is 12.3 Å². The van der Waals surface area contributed by atoms with Crippen LogP contribution < -0.4 is 10.1 Å². The van der Waals surface area contributed by atoms with Crippen molar-refractivity contribution in [1.29, 1.82) is 0 Å². The van der Waals surface area contributed by atoms with Crippen molar-refractivity contribution in [2.45, 2.75) is 6.54 Å². The molecule has 0 bridgehead atoms. The van der Waals surface area contributed by atoms with Crippen LogP contribution in [0.15, 0.2) is 73.1 Å². The second kappa shape index (κ2) is 9.84. The van der Waals surface area contributed by atoms with E-state index in [0.717, 1.165) is 10.9 Å². The van der Waals surface area contributed by atoms with Gasteiger partial charge in [-0.3, -0.25) is 9.78 Å². The first-order valence-corrected chi connectivity index (χ1v) is 11.0. The average molecular weight is 458 g/mol. The molecule has 34 heavy (non-hydrogen) atoms. The molecule has 2 aromatic heterocycles. The molecule has 8 heteroatoms. The van der Waals surface area contributed by atoms with Gasteiger partial charge in [0.15, 0.2) is 11.6 Å². The topological polar surface area (TPSA) is 76.6 Å². The molecule has 0 saturated carbocycles. The highest BCUT2D eigenvalue weighted by atomic mass is 19.1. The molecule has 1 amide bonds. The minimum Gasteiger partial charge on any atom is -0.453 e. The third-order valence-corrected chi connectivity index (χ3v) is 5.58. The van der Waals surface area contributed by atoms with E-state index < -0.39 is 5.82 Å². The van der Waals surface area contributed by atoms with Crippen molar-refractivity contribution < 1.29 is 18.7 Å². The summed E-state index contributed by atoms with van der Waals surface area (Å²) in [5.41, 5.74) is 2.02. The molecule has 4 aromatic rings. The Hall–Kier alpha value is -4.04. The first-order valence-electron chi connectivity index (χ1n) is 11.0. The van der Waals surface area contributed by atoms with Gasteiger partial charge in [0.25, 0.3) is 5.91 Å². The third-order valence-electron chi connectivity index (χ3n) is 5.58. The van der Waals surface area contributed by atoms with Crippen molar-refractivity contribution in [1.82, 2.24) is 14.9 Å². The number of carbonyl (C=O) groups is 1. The Kier molecular flexibility index (Phi) is 6.31. The summed E-state index contributed by atoms with van der Waals surface area (Å²) in [7, 11) is 0. The molecule has 0 aliphatic carbocycles. The fraction of sp³-hybridized carbons (Fsp3) is 0.192. The van der Waals surface area contributed by atoms with E-state index in [1.807, 2.05) is 24.3 Å². The smallest absolute Gasteiger partial charge is 0.254 e. The molecule has 1 fully saturated rings. The molecule has 0 unspecified atom stereocenters. The summed E-state index contributed by atoms with van der Waals surface area (Å²) in [6, 6.07) is 17.5. The summed E-state index contributed by atoms with van der Waals surface area (Å²) < 4.78 is 25.5. The lowest BCUT2D eigenvalue weighted by atomic mass is 10.1. The van der Waals surface area contributed by atoms with Crippen LogP contribution in [0.3, 0.4) is 0 Å². The minimum atomic E-state index is -0.474. The Morgan fingerprint density at radius 1 is 1.09 bits per heavy atom. The van der Waals surface area contributed by atoms with Crippen LogP contribution >= 0.6 is 0 Å². The molecule has 7 nitrogen and oxygen atoms in total. The fourth-order valence-corrected chi connectivity index (χ4v) is 3.84. The zero-order chi connectivity index (χ0) is 23.3. The van der Waals surface area contributed by atoms with Crippen LogP contribution in [-0.4, -0.2) is 47.1 Å². The summed E-state index contributed by atoms with van der Waals surface area (Å²) in [6.45, 7) is 2.52. The number of amides is 1. The van der Waals surface area contributed by atoms with Crippen LogP contribution in [0.2, 0.25) is 0 Å². The summed E-state index contributed by atoms with van der Waals surface area (Å²) in [4.78, 5) is 23.6. The number of aromatic nitrogens is 2. The van der Waals surface area contributed by atoms with E-state index in [-0.39, 0.29) is 11.7 Å². The molecule has 1 saturated heterocycles. The Labute approximate surface area is 196 Å². The van der Waals surface area contributed by atoms with Crippen molar-refractivity contribution in [3.05, 3.63) is 90.0 Å². The maximum Gasteiger partial charge on any atom is 0.254 e. The molecule has 0 spiro atoms. The van der Waals surface area contributed by atoms with E-state index in [9.17, 15) is 9.18 Å². The number of nitrogens with one attached hydrogen (secondary N) is 1. The van der Waals surface area contributed by atoms with Crippen LogP contribution in [0, 0.1) is 5.82 Å². The van der Waals surface area contributed by atoms with Gasteiger partial charge >= 0.3 is 0 Å². The normalized spacial score (nSPS) is 13.6. The van der Waals surface area contributed by atoms with Gasteiger partial charge in [-0.1, -0.05) is 24.3 Å². The number of anilines is 1. The molecule has 2 aromatic carbocycles. The van der Waals surface area contributed by atoms with Gasteiger partial charge < -0.3 is 19.7 Å². The van der Waals surface area contributed by atoms with Gasteiger partial charge in [0.1, 0.15) is 11.6 Å². The SMILES string of the molecule is O=C(c1cc(NCc2ccc(Oc3cccnc3)c(F)c2)nc2ccccc12)N1CCOCC1. The number of fused-ring (bicyclic) bond motifs is 1. The number of rotatable bonds is 6. The van der Waals surface area contributed by atoms with Gasteiger partial charge in [-0.25, -0.2) is 9.37 Å². The molecular formula is C26H23FN4O3. The average Bonchev–Trinajstić information content (AvgIpc) is 2.89. The third kappa shape index (κ3) is 4.82. The zero-order valence-electron chi connectivity index (χ0n) is 18.4. The highest BCUT2D eigenvalue weighted by Gasteiger charge is 2.21. The minimum absolute atomic E-state index is 0.0482. The van der Waals surface area contributed by atoms with Gasteiger partial charge in [0.05, 0.1) is 30.5 Å². The number of pyridine rings is 2. The largest absolute Gasteiger partial charge is 0.453 e. The predicted molar refractivity (Wildman–Crippen MR) is 127 cm³/mol. The monoisotopic (exact) mass is 458 g/mol. The lowest BCUT2D eigenvalue weighted by Crippen LogP contribution is -2.40. The van der Waals surface area contributed by atoms with Gasteiger partial charge in [-0.2, -0.15) is 0 Å². The van der Waals surface area contributed by atoms with Crippen LogP contribution in [-0.2, 0) is 11.3 Å². The molecule has 1 aliphatic rings. The highest BCUT2D eigenvalue weighted by molar-refractivity contribution is 6.07. The first kappa shape index (κ1) is 21.8. The standard InChI is InChI=1S/C26H23FN4O3/c27-22-14-18(7-8-24(22)34-19-4-3-9-28-17-19)16-29-25-15-21(20-5-1-2-6-23(20)30-25)26(32)31-10-12-33-13-11-31/h1-9,14-15,17H,10-13,16H2,(H,29,30). The number of para-hydroxylation sites is 1. The predicted octanol–water partition coefficient (Wildman–Crippen LogP) is 4.65. The number of ether oxygens (including phenoxy) is 2. The van der Waals surface area contributed by atoms with Gasteiger partial charge in [-0.05, 0) is 42.0 Å². The second-order valence-electron chi connectivity index (χ2n) is 7.89. The molecule has 5 rings (SSSR count). The Balaban J connectivity index is 1.35. The van der Waals surface area contributed by atoms with Crippen molar-refractivity contribution in [2.75, 3.05) is 31.6 Å². The number of hydrogen-bond acceptors (Lipinski definition) is 6. The summed E-state index contributed by atoms with van der Waals surface area (Å²) in [5.74, 6) is 0.612.